The molecule has 1 aromatic rings. The molecule has 0 aliphatic heterocycles. The summed E-state index contributed by atoms with van der Waals surface area (Å²) in [5, 5.41) is 2.79. The molecule has 1 aromatic heterocycles. The first-order valence-electron chi connectivity index (χ1n) is 14.3. The van der Waals surface area contributed by atoms with Gasteiger partial charge in [0.25, 0.3) is 0 Å². The van der Waals surface area contributed by atoms with Crippen molar-refractivity contribution in [3.63, 3.8) is 0 Å². The summed E-state index contributed by atoms with van der Waals surface area (Å²) in [4.78, 5) is 69.0. The molecule has 0 aromatic carbocycles. The predicted octanol–water partition coefficient (Wildman–Crippen LogP) is 5.70. The van der Waals surface area contributed by atoms with Gasteiger partial charge in [-0.25, -0.2) is 0 Å². The Labute approximate surface area is 227 Å². The average Bonchev–Trinajstić information content (AvgIpc) is 2.89. The number of rotatable bonds is 15. The highest BCUT2D eigenvalue weighted by Crippen LogP contribution is 2.31. The lowest BCUT2D eigenvalue weighted by Gasteiger charge is -2.30. The number of ketones is 4. The number of pyridine rings is 1. The molecule has 0 radical (unpaired) electrons. The van der Waals surface area contributed by atoms with Crippen LogP contribution in [0.15, 0.2) is 24.5 Å². The van der Waals surface area contributed by atoms with Gasteiger partial charge in [-0.15, -0.1) is 0 Å². The van der Waals surface area contributed by atoms with Gasteiger partial charge in [-0.05, 0) is 36.8 Å². The van der Waals surface area contributed by atoms with E-state index in [-0.39, 0.29) is 48.4 Å². The smallest absolute Gasteiger partial charge is 0.224 e. The first-order valence-corrected chi connectivity index (χ1v) is 14.3. The highest BCUT2D eigenvalue weighted by atomic mass is 16.2. The van der Waals surface area contributed by atoms with Crippen molar-refractivity contribution in [3.8, 4) is 0 Å². The quantitative estimate of drug-likeness (QED) is 0.232. The monoisotopic (exact) mass is 526 g/mol. The Bertz CT molecular complexity index is 960. The molecule has 1 heterocycles. The Balaban J connectivity index is 2.03. The summed E-state index contributed by atoms with van der Waals surface area (Å²) in [7, 11) is 0. The zero-order valence-electron chi connectivity index (χ0n) is 23.9. The molecule has 0 saturated heterocycles. The molecule has 38 heavy (non-hydrogen) atoms. The molecule has 210 valence electrons. The number of hydrogen-bond acceptors (Lipinski definition) is 6. The molecular formula is C31H46N2O5. The lowest BCUT2D eigenvalue weighted by atomic mass is 9.76. The van der Waals surface area contributed by atoms with E-state index in [4.69, 9.17) is 0 Å². The molecule has 1 N–H and O–H groups in total. The molecule has 1 saturated carbocycles. The van der Waals surface area contributed by atoms with Crippen LogP contribution in [-0.4, -0.2) is 40.1 Å². The maximum atomic E-state index is 13.2. The van der Waals surface area contributed by atoms with Crippen LogP contribution in [0.25, 0.3) is 0 Å². The fraction of sp³-hybridized carbons (Fsp3) is 0.677. The van der Waals surface area contributed by atoms with Crippen molar-refractivity contribution in [2.75, 3.05) is 0 Å². The van der Waals surface area contributed by atoms with Gasteiger partial charge in [0.05, 0.1) is 12.0 Å². The van der Waals surface area contributed by atoms with Gasteiger partial charge in [0.1, 0.15) is 0 Å². The molecule has 3 atom stereocenters. The maximum absolute atomic E-state index is 13.2. The fourth-order valence-electron chi connectivity index (χ4n) is 5.21. The summed E-state index contributed by atoms with van der Waals surface area (Å²) in [5.74, 6) is -2.63. The lowest BCUT2D eigenvalue weighted by molar-refractivity contribution is -0.141. The Kier molecular flexibility index (Phi) is 12.5. The van der Waals surface area contributed by atoms with Gasteiger partial charge in [-0.3, -0.25) is 29.0 Å². The highest BCUT2D eigenvalue weighted by molar-refractivity contribution is 6.38. The number of nitrogens with one attached hydrogen (secondary N) is 1. The summed E-state index contributed by atoms with van der Waals surface area (Å²) in [5.41, 5.74) is -0.0258. The van der Waals surface area contributed by atoms with Crippen LogP contribution in [0, 0.1) is 23.2 Å². The van der Waals surface area contributed by atoms with Crippen molar-refractivity contribution in [3.05, 3.63) is 30.1 Å². The normalized spacial score (nSPS) is 16.8. The van der Waals surface area contributed by atoms with Crippen molar-refractivity contribution in [1.29, 1.82) is 0 Å². The second-order valence-electron chi connectivity index (χ2n) is 12.0. The molecule has 0 unspecified atom stereocenters. The standard InChI is InChI=1S/C31H46N2O5/c1-6-7-13-24(29(37)28(36)18-22-11-9-8-10-12-22)19-26(34)21(2)33-30(38)25(31(3,4)5)20-27(35)23-14-16-32-17-15-23/h14-17,21-22,24-25H,6-13,18-20H2,1-5H3,(H,33,38)/t21-,24+,25+/m0/s1. The van der Waals surface area contributed by atoms with E-state index in [0.29, 0.717) is 12.0 Å². The van der Waals surface area contributed by atoms with E-state index in [0.717, 1.165) is 38.5 Å². The molecular weight excluding hydrogens is 480 g/mol. The van der Waals surface area contributed by atoms with Gasteiger partial charge in [-0.2, -0.15) is 0 Å². The van der Waals surface area contributed by atoms with E-state index in [9.17, 15) is 24.0 Å². The summed E-state index contributed by atoms with van der Waals surface area (Å²) in [6.45, 7) is 9.29. The number of unbranched alkanes of at least 4 members (excludes halogenated alkanes) is 1. The predicted molar refractivity (Wildman–Crippen MR) is 148 cm³/mol. The van der Waals surface area contributed by atoms with Gasteiger partial charge in [0.2, 0.25) is 11.7 Å². The van der Waals surface area contributed by atoms with E-state index >= 15 is 0 Å². The Morgan fingerprint density at radius 2 is 1.63 bits per heavy atom. The molecule has 7 heteroatoms. The summed E-state index contributed by atoms with van der Waals surface area (Å²) in [6, 6.07) is 2.42. The number of carbonyl (C=O) groups is 5. The molecule has 1 aliphatic rings. The number of amides is 1. The molecule has 1 amide bonds. The van der Waals surface area contributed by atoms with Crippen LogP contribution in [0.1, 0.15) is 116 Å². The van der Waals surface area contributed by atoms with Gasteiger partial charge < -0.3 is 5.32 Å². The van der Waals surface area contributed by atoms with E-state index in [2.05, 4.69) is 10.3 Å². The van der Waals surface area contributed by atoms with Crippen LogP contribution in [0.5, 0.6) is 0 Å². The van der Waals surface area contributed by atoms with Crippen LogP contribution in [-0.2, 0) is 19.2 Å². The van der Waals surface area contributed by atoms with Crippen molar-refractivity contribution in [2.45, 2.75) is 111 Å². The van der Waals surface area contributed by atoms with Crippen molar-refractivity contribution >= 4 is 29.0 Å². The van der Waals surface area contributed by atoms with Gasteiger partial charge in [0.15, 0.2) is 17.3 Å². The molecule has 2 rings (SSSR count). The molecule has 0 bridgehead atoms. The van der Waals surface area contributed by atoms with Gasteiger partial charge in [0, 0.05) is 43.1 Å². The second-order valence-corrected chi connectivity index (χ2v) is 12.0. The molecule has 0 spiro atoms. The third-order valence-corrected chi connectivity index (χ3v) is 7.79. The minimum absolute atomic E-state index is 0.00748. The van der Waals surface area contributed by atoms with E-state index in [1.54, 1.807) is 19.1 Å². The number of Topliss-reactive ketones (excluding diaryl/α,β-unsaturated/α-hetero) is 4. The lowest BCUT2D eigenvalue weighted by Crippen LogP contribution is -2.46. The zero-order valence-corrected chi connectivity index (χ0v) is 23.9. The van der Waals surface area contributed by atoms with Crippen LogP contribution in [0.3, 0.4) is 0 Å². The maximum Gasteiger partial charge on any atom is 0.224 e. The Morgan fingerprint density at radius 1 is 1.00 bits per heavy atom. The summed E-state index contributed by atoms with van der Waals surface area (Å²) in [6.07, 6.45) is 10.8. The Hall–Kier alpha value is -2.70. The SMILES string of the molecule is CCCC[C@H](CC(=O)[C@H](C)NC(=O)[C@@H](CC(=O)c1ccncc1)C(C)(C)C)C(=O)C(=O)CC1CCCCC1. The Morgan fingerprint density at radius 3 is 2.21 bits per heavy atom. The summed E-state index contributed by atoms with van der Waals surface area (Å²) < 4.78 is 0. The third kappa shape index (κ3) is 9.88. The van der Waals surface area contributed by atoms with Gasteiger partial charge in [-0.1, -0.05) is 72.6 Å². The van der Waals surface area contributed by atoms with E-state index in [1.165, 1.54) is 18.8 Å². The average molecular weight is 527 g/mol. The van der Waals surface area contributed by atoms with Gasteiger partial charge >= 0.3 is 0 Å². The minimum atomic E-state index is -0.825. The van der Waals surface area contributed by atoms with Crippen molar-refractivity contribution in [1.82, 2.24) is 10.3 Å². The third-order valence-electron chi connectivity index (χ3n) is 7.79. The number of hydrogen-bond donors (Lipinski definition) is 1. The first kappa shape index (κ1) is 31.5. The van der Waals surface area contributed by atoms with Crippen LogP contribution < -0.4 is 5.32 Å². The van der Waals surface area contributed by atoms with Crippen molar-refractivity contribution in [2.24, 2.45) is 23.2 Å². The van der Waals surface area contributed by atoms with E-state index < -0.39 is 29.1 Å². The minimum Gasteiger partial charge on any atom is -0.346 e. The second kappa shape index (κ2) is 15.0. The van der Waals surface area contributed by atoms with Crippen LogP contribution in [0.4, 0.5) is 0 Å². The number of aromatic nitrogens is 1. The fourth-order valence-corrected chi connectivity index (χ4v) is 5.21. The number of carbonyl (C=O) groups excluding carboxylic acids is 5. The van der Waals surface area contributed by atoms with Crippen molar-refractivity contribution < 1.29 is 24.0 Å². The first-order chi connectivity index (χ1) is 17.9. The summed E-state index contributed by atoms with van der Waals surface area (Å²) >= 11 is 0. The molecule has 1 fully saturated rings. The largest absolute Gasteiger partial charge is 0.346 e. The molecule has 1 aliphatic carbocycles. The highest BCUT2D eigenvalue weighted by Gasteiger charge is 2.36. The number of nitrogens with zero attached hydrogens (tertiary/aromatic N) is 1. The van der Waals surface area contributed by atoms with Crippen LogP contribution in [0.2, 0.25) is 0 Å². The molecule has 7 nitrogen and oxygen atoms in total. The zero-order chi connectivity index (χ0) is 28.3. The van der Waals surface area contributed by atoms with E-state index in [1.807, 2.05) is 27.7 Å². The topological polar surface area (TPSA) is 110 Å². The van der Waals surface area contributed by atoms with Crippen LogP contribution >= 0.6 is 0 Å².